The van der Waals surface area contributed by atoms with E-state index >= 15 is 0 Å². The summed E-state index contributed by atoms with van der Waals surface area (Å²) in [6.07, 6.45) is 3.78. The summed E-state index contributed by atoms with van der Waals surface area (Å²) < 4.78 is 4.78. The first-order chi connectivity index (χ1) is 7.69. The predicted octanol–water partition coefficient (Wildman–Crippen LogP) is 1.01. The van der Waals surface area contributed by atoms with Crippen LogP contribution in [0.4, 0.5) is 0 Å². The molecule has 94 valence electrons. The zero-order valence-corrected chi connectivity index (χ0v) is 10.7. The van der Waals surface area contributed by atoms with Gasteiger partial charge in [-0.15, -0.1) is 0 Å². The van der Waals surface area contributed by atoms with Crippen LogP contribution in [0.5, 0.6) is 0 Å². The monoisotopic (exact) mass is 228 g/mol. The van der Waals surface area contributed by atoms with Gasteiger partial charge in [0.05, 0.1) is 7.11 Å². The number of esters is 1. The van der Waals surface area contributed by atoms with Gasteiger partial charge in [-0.2, -0.15) is 0 Å². The Morgan fingerprint density at radius 2 is 2.31 bits per heavy atom. The van der Waals surface area contributed by atoms with E-state index in [1.54, 1.807) is 0 Å². The van der Waals surface area contributed by atoms with Crippen LogP contribution in [0.2, 0.25) is 0 Å². The van der Waals surface area contributed by atoms with E-state index in [2.05, 4.69) is 17.1 Å². The van der Waals surface area contributed by atoms with E-state index in [1.807, 2.05) is 6.92 Å². The molecule has 0 bridgehead atoms. The van der Waals surface area contributed by atoms with Crippen LogP contribution >= 0.6 is 0 Å². The van der Waals surface area contributed by atoms with Gasteiger partial charge in [0.15, 0.2) is 0 Å². The molecule has 2 atom stereocenters. The number of rotatable bonds is 5. The standard InChI is InChI=1S/C12H24N2O2/c1-4-14(10(2)12(15)16-3)9-11-7-5-6-8-13-11/h10-11,13H,4-9H2,1-3H3. The summed E-state index contributed by atoms with van der Waals surface area (Å²) in [7, 11) is 1.45. The minimum Gasteiger partial charge on any atom is -0.468 e. The molecule has 0 aromatic rings. The first-order valence-electron chi connectivity index (χ1n) is 6.24. The third-order valence-electron chi connectivity index (χ3n) is 3.36. The molecule has 0 spiro atoms. The molecule has 0 saturated carbocycles. The number of ether oxygens (including phenoxy) is 1. The zero-order chi connectivity index (χ0) is 12.0. The number of piperidine rings is 1. The molecule has 0 aliphatic carbocycles. The maximum atomic E-state index is 11.5. The van der Waals surface area contributed by atoms with Gasteiger partial charge in [0.2, 0.25) is 0 Å². The van der Waals surface area contributed by atoms with Crippen LogP contribution in [0.3, 0.4) is 0 Å². The van der Waals surface area contributed by atoms with Crippen molar-refractivity contribution in [1.82, 2.24) is 10.2 Å². The van der Waals surface area contributed by atoms with Crippen molar-refractivity contribution in [3.05, 3.63) is 0 Å². The average Bonchev–Trinajstić information content (AvgIpc) is 2.35. The largest absolute Gasteiger partial charge is 0.468 e. The number of nitrogens with zero attached hydrogens (tertiary/aromatic N) is 1. The Morgan fingerprint density at radius 1 is 1.56 bits per heavy atom. The molecule has 16 heavy (non-hydrogen) atoms. The molecule has 0 aromatic carbocycles. The molecule has 1 N–H and O–H groups in total. The molecular formula is C12H24N2O2. The van der Waals surface area contributed by atoms with Crippen molar-refractivity contribution in [3.8, 4) is 0 Å². The van der Waals surface area contributed by atoms with Crippen LogP contribution in [0.25, 0.3) is 0 Å². The summed E-state index contributed by atoms with van der Waals surface area (Å²) in [6, 6.07) is 0.388. The summed E-state index contributed by atoms with van der Waals surface area (Å²) in [5, 5.41) is 3.50. The Hall–Kier alpha value is -0.610. The topological polar surface area (TPSA) is 41.6 Å². The highest BCUT2D eigenvalue weighted by atomic mass is 16.5. The number of nitrogens with one attached hydrogen (secondary N) is 1. The second kappa shape index (κ2) is 6.86. The first-order valence-corrected chi connectivity index (χ1v) is 6.24. The molecule has 1 heterocycles. The van der Waals surface area contributed by atoms with E-state index in [0.717, 1.165) is 19.6 Å². The van der Waals surface area contributed by atoms with Crippen molar-refractivity contribution in [2.75, 3.05) is 26.7 Å². The molecule has 0 amide bonds. The Kier molecular flexibility index (Phi) is 5.77. The molecule has 1 rings (SSSR count). The number of methoxy groups -OCH3 is 1. The van der Waals surface area contributed by atoms with E-state index in [9.17, 15) is 4.79 Å². The smallest absolute Gasteiger partial charge is 0.322 e. The summed E-state index contributed by atoms with van der Waals surface area (Å²) in [5.41, 5.74) is 0. The van der Waals surface area contributed by atoms with Crippen molar-refractivity contribution >= 4 is 5.97 Å². The van der Waals surface area contributed by atoms with Crippen molar-refractivity contribution < 1.29 is 9.53 Å². The van der Waals surface area contributed by atoms with Gasteiger partial charge in [-0.05, 0) is 32.9 Å². The van der Waals surface area contributed by atoms with E-state index in [0.29, 0.717) is 6.04 Å². The van der Waals surface area contributed by atoms with Crippen LogP contribution in [0, 0.1) is 0 Å². The van der Waals surface area contributed by atoms with Crippen LogP contribution in [0.1, 0.15) is 33.1 Å². The second-order valence-electron chi connectivity index (χ2n) is 4.43. The first kappa shape index (κ1) is 13.5. The highest BCUT2D eigenvalue weighted by Gasteiger charge is 2.24. The molecule has 1 aliphatic rings. The lowest BCUT2D eigenvalue weighted by Gasteiger charge is -2.32. The third kappa shape index (κ3) is 3.76. The van der Waals surface area contributed by atoms with Crippen molar-refractivity contribution in [3.63, 3.8) is 0 Å². The summed E-state index contributed by atoms with van der Waals surface area (Å²) >= 11 is 0. The van der Waals surface area contributed by atoms with E-state index in [4.69, 9.17) is 4.74 Å². The Bertz CT molecular complexity index is 215. The summed E-state index contributed by atoms with van der Waals surface area (Å²) in [4.78, 5) is 13.6. The van der Waals surface area contributed by atoms with E-state index in [1.165, 1.54) is 26.4 Å². The van der Waals surface area contributed by atoms with Gasteiger partial charge >= 0.3 is 5.97 Å². The third-order valence-corrected chi connectivity index (χ3v) is 3.36. The van der Waals surface area contributed by atoms with Crippen molar-refractivity contribution in [2.24, 2.45) is 0 Å². The normalized spacial score (nSPS) is 23.1. The van der Waals surface area contributed by atoms with Crippen molar-refractivity contribution in [2.45, 2.75) is 45.2 Å². The highest BCUT2D eigenvalue weighted by molar-refractivity contribution is 5.75. The maximum absolute atomic E-state index is 11.5. The lowest BCUT2D eigenvalue weighted by molar-refractivity contribution is -0.146. The second-order valence-corrected chi connectivity index (χ2v) is 4.43. The minimum atomic E-state index is -0.141. The molecular weight excluding hydrogens is 204 g/mol. The Balaban J connectivity index is 2.43. The van der Waals surface area contributed by atoms with Crippen molar-refractivity contribution in [1.29, 1.82) is 0 Å². The van der Waals surface area contributed by atoms with Crippen LogP contribution in [-0.4, -0.2) is 49.7 Å². The Labute approximate surface area is 98.3 Å². The molecule has 1 saturated heterocycles. The quantitative estimate of drug-likeness (QED) is 0.713. The summed E-state index contributed by atoms with van der Waals surface area (Å²) in [6.45, 7) is 6.93. The molecule has 0 aromatic heterocycles. The van der Waals surface area contributed by atoms with Crippen LogP contribution in [0.15, 0.2) is 0 Å². The fourth-order valence-corrected chi connectivity index (χ4v) is 2.24. The van der Waals surface area contributed by atoms with Gasteiger partial charge in [-0.3, -0.25) is 9.69 Å². The van der Waals surface area contributed by atoms with Gasteiger partial charge in [0, 0.05) is 12.6 Å². The molecule has 1 fully saturated rings. The SMILES string of the molecule is CCN(CC1CCCCN1)C(C)C(=O)OC. The fourth-order valence-electron chi connectivity index (χ4n) is 2.24. The maximum Gasteiger partial charge on any atom is 0.322 e. The van der Waals surface area contributed by atoms with Crippen LogP contribution < -0.4 is 5.32 Å². The highest BCUT2D eigenvalue weighted by Crippen LogP contribution is 2.10. The number of hydrogen-bond acceptors (Lipinski definition) is 4. The van der Waals surface area contributed by atoms with Gasteiger partial charge in [-0.25, -0.2) is 0 Å². The van der Waals surface area contributed by atoms with E-state index in [-0.39, 0.29) is 12.0 Å². The molecule has 4 heteroatoms. The van der Waals surface area contributed by atoms with Gasteiger partial charge in [0.1, 0.15) is 6.04 Å². The van der Waals surface area contributed by atoms with Gasteiger partial charge in [0.25, 0.3) is 0 Å². The number of hydrogen-bond donors (Lipinski definition) is 1. The average molecular weight is 228 g/mol. The molecule has 2 unspecified atom stereocenters. The lowest BCUT2D eigenvalue weighted by atomic mass is 10.0. The van der Waals surface area contributed by atoms with Gasteiger partial charge < -0.3 is 10.1 Å². The molecule has 0 radical (unpaired) electrons. The number of carbonyl (C=O) groups is 1. The zero-order valence-electron chi connectivity index (χ0n) is 10.7. The Morgan fingerprint density at radius 3 is 2.81 bits per heavy atom. The predicted molar refractivity (Wildman–Crippen MR) is 64.4 cm³/mol. The number of likely N-dealkylation sites (N-methyl/N-ethyl adjacent to an activating group) is 1. The van der Waals surface area contributed by atoms with Gasteiger partial charge in [-0.1, -0.05) is 13.3 Å². The van der Waals surface area contributed by atoms with E-state index < -0.39 is 0 Å². The van der Waals surface area contributed by atoms with Crippen LogP contribution in [-0.2, 0) is 9.53 Å². The molecule has 4 nitrogen and oxygen atoms in total. The summed E-state index contributed by atoms with van der Waals surface area (Å²) in [5.74, 6) is -0.141. The fraction of sp³-hybridized carbons (Fsp3) is 0.917. The molecule has 1 aliphatic heterocycles. The lowest BCUT2D eigenvalue weighted by Crippen LogP contribution is -2.48. The number of carbonyl (C=O) groups excluding carboxylic acids is 1. The minimum absolute atomic E-state index is 0.140.